The number of nitrogens with zero attached hydrogens (tertiary/aromatic N) is 2. The summed E-state index contributed by atoms with van der Waals surface area (Å²) < 4.78 is 0. The zero-order valence-electron chi connectivity index (χ0n) is 10.6. The Hall–Kier alpha value is -0.870. The van der Waals surface area contributed by atoms with Crippen LogP contribution in [0, 0.1) is 0 Å². The summed E-state index contributed by atoms with van der Waals surface area (Å²) in [5, 5.41) is 5.01. The van der Waals surface area contributed by atoms with Gasteiger partial charge in [0.1, 0.15) is 10.6 Å². The SMILES string of the molecule is CCC(C)Nc1nc(Cl)nc2sc3c(c12)CCC3. The smallest absolute Gasteiger partial charge is 0.225 e. The molecule has 1 aliphatic carbocycles. The van der Waals surface area contributed by atoms with Crippen molar-refractivity contribution in [2.45, 2.75) is 45.6 Å². The molecule has 0 aromatic carbocycles. The molecule has 1 N–H and O–H groups in total. The number of hydrogen-bond acceptors (Lipinski definition) is 4. The van der Waals surface area contributed by atoms with E-state index in [0.29, 0.717) is 11.3 Å². The van der Waals surface area contributed by atoms with Crippen LogP contribution in [0.2, 0.25) is 5.28 Å². The van der Waals surface area contributed by atoms with Gasteiger partial charge in [0.25, 0.3) is 0 Å². The third-order valence-corrected chi connectivity index (χ3v) is 4.89. The third-order valence-electron chi connectivity index (χ3n) is 3.53. The van der Waals surface area contributed by atoms with Crippen molar-refractivity contribution in [3.8, 4) is 0 Å². The number of anilines is 1. The van der Waals surface area contributed by atoms with Crippen LogP contribution in [0.4, 0.5) is 5.82 Å². The maximum atomic E-state index is 6.02. The first-order valence-corrected chi connectivity index (χ1v) is 7.62. The Morgan fingerprint density at radius 3 is 3.00 bits per heavy atom. The Balaban J connectivity index is 2.16. The summed E-state index contributed by atoms with van der Waals surface area (Å²) in [6, 6.07) is 0.399. The highest BCUT2D eigenvalue weighted by Gasteiger charge is 2.22. The average Bonchev–Trinajstić information content (AvgIpc) is 2.87. The molecule has 1 aliphatic rings. The van der Waals surface area contributed by atoms with Crippen molar-refractivity contribution < 1.29 is 0 Å². The zero-order valence-corrected chi connectivity index (χ0v) is 12.2. The monoisotopic (exact) mass is 281 g/mol. The fourth-order valence-corrected chi connectivity index (χ4v) is 3.89. The minimum atomic E-state index is 0.341. The number of hydrogen-bond donors (Lipinski definition) is 1. The molecule has 3 nitrogen and oxygen atoms in total. The number of rotatable bonds is 3. The van der Waals surface area contributed by atoms with Crippen LogP contribution in [-0.4, -0.2) is 16.0 Å². The van der Waals surface area contributed by atoms with Gasteiger partial charge < -0.3 is 5.32 Å². The van der Waals surface area contributed by atoms with Crippen molar-refractivity contribution in [1.29, 1.82) is 0 Å². The van der Waals surface area contributed by atoms with Crippen LogP contribution in [0.5, 0.6) is 0 Å². The van der Waals surface area contributed by atoms with Gasteiger partial charge in [-0.25, -0.2) is 9.97 Å². The Bertz CT molecular complexity index is 593. The van der Waals surface area contributed by atoms with E-state index in [1.807, 2.05) is 0 Å². The molecule has 0 fully saturated rings. The van der Waals surface area contributed by atoms with Gasteiger partial charge in [-0.1, -0.05) is 6.92 Å². The highest BCUT2D eigenvalue weighted by Crippen LogP contribution is 2.40. The summed E-state index contributed by atoms with van der Waals surface area (Å²) in [6.07, 6.45) is 4.64. The van der Waals surface area contributed by atoms with Crippen molar-refractivity contribution in [2.24, 2.45) is 0 Å². The molecule has 0 amide bonds. The Morgan fingerprint density at radius 1 is 1.39 bits per heavy atom. The van der Waals surface area contributed by atoms with E-state index in [2.05, 4.69) is 29.1 Å². The van der Waals surface area contributed by atoms with Gasteiger partial charge in [0.2, 0.25) is 5.28 Å². The largest absolute Gasteiger partial charge is 0.367 e. The molecule has 1 unspecified atom stereocenters. The molecule has 96 valence electrons. The summed E-state index contributed by atoms with van der Waals surface area (Å²) in [5.74, 6) is 0.916. The molecule has 0 bridgehead atoms. The van der Waals surface area contributed by atoms with Gasteiger partial charge in [-0.05, 0) is 49.8 Å². The van der Waals surface area contributed by atoms with Gasteiger partial charge in [0.15, 0.2) is 0 Å². The van der Waals surface area contributed by atoms with Crippen LogP contribution in [0.15, 0.2) is 0 Å². The highest BCUT2D eigenvalue weighted by atomic mass is 35.5. The van der Waals surface area contributed by atoms with Gasteiger partial charge in [0, 0.05) is 10.9 Å². The van der Waals surface area contributed by atoms with Crippen molar-refractivity contribution >= 4 is 39.0 Å². The molecule has 0 radical (unpaired) electrons. The first kappa shape index (κ1) is 12.2. The summed E-state index contributed by atoms with van der Waals surface area (Å²) in [5.41, 5.74) is 1.44. The fraction of sp³-hybridized carbons (Fsp3) is 0.538. The lowest BCUT2D eigenvalue weighted by atomic mass is 10.1. The van der Waals surface area contributed by atoms with E-state index < -0.39 is 0 Å². The second-order valence-electron chi connectivity index (χ2n) is 4.83. The molecule has 5 heteroatoms. The molecule has 1 atom stereocenters. The van der Waals surface area contributed by atoms with E-state index in [1.165, 1.54) is 28.7 Å². The van der Waals surface area contributed by atoms with E-state index in [1.54, 1.807) is 11.3 Å². The number of aryl methyl sites for hydroxylation is 2. The maximum Gasteiger partial charge on any atom is 0.225 e. The summed E-state index contributed by atoms with van der Waals surface area (Å²) in [6.45, 7) is 4.32. The Kier molecular flexibility index (Phi) is 3.16. The van der Waals surface area contributed by atoms with Crippen molar-refractivity contribution in [1.82, 2.24) is 9.97 Å². The number of nitrogens with one attached hydrogen (secondary N) is 1. The van der Waals surface area contributed by atoms with Crippen LogP contribution >= 0.6 is 22.9 Å². The first-order chi connectivity index (χ1) is 8.69. The zero-order chi connectivity index (χ0) is 12.7. The van der Waals surface area contributed by atoms with Gasteiger partial charge >= 0.3 is 0 Å². The molecule has 0 saturated carbocycles. The normalized spacial score (nSPS) is 15.9. The van der Waals surface area contributed by atoms with Crippen LogP contribution < -0.4 is 5.32 Å². The number of aromatic nitrogens is 2. The molecule has 0 saturated heterocycles. The van der Waals surface area contributed by atoms with Gasteiger partial charge in [-0.15, -0.1) is 11.3 Å². The maximum absolute atomic E-state index is 6.02. The number of halogens is 1. The van der Waals surface area contributed by atoms with Crippen LogP contribution in [0.3, 0.4) is 0 Å². The van der Waals surface area contributed by atoms with E-state index >= 15 is 0 Å². The predicted octanol–water partition coefficient (Wildman–Crippen LogP) is 4.04. The van der Waals surface area contributed by atoms with E-state index in [9.17, 15) is 0 Å². The molecule has 18 heavy (non-hydrogen) atoms. The third kappa shape index (κ3) is 1.97. The van der Waals surface area contributed by atoms with Crippen LogP contribution in [0.1, 0.15) is 37.1 Å². The summed E-state index contributed by atoms with van der Waals surface area (Å²) >= 11 is 7.79. The predicted molar refractivity (Wildman–Crippen MR) is 77.8 cm³/mol. The lowest BCUT2D eigenvalue weighted by Crippen LogP contribution is -2.15. The molecular weight excluding hydrogens is 266 g/mol. The molecule has 2 heterocycles. The molecule has 2 aromatic rings. The molecule has 0 spiro atoms. The average molecular weight is 282 g/mol. The van der Waals surface area contributed by atoms with Crippen molar-refractivity contribution in [3.05, 3.63) is 15.7 Å². The van der Waals surface area contributed by atoms with E-state index in [0.717, 1.165) is 23.5 Å². The first-order valence-electron chi connectivity index (χ1n) is 6.43. The lowest BCUT2D eigenvalue weighted by molar-refractivity contribution is 0.760. The van der Waals surface area contributed by atoms with Crippen LogP contribution in [0.25, 0.3) is 10.2 Å². The van der Waals surface area contributed by atoms with E-state index in [-0.39, 0.29) is 0 Å². The molecule has 0 aliphatic heterocycles. The highest BCUT2D eigenvalue weighted by molar-refractivity contribution is 7.19. The fourth-order valence-electron chi connectivity index (χ4n) is 2.41. The number of thiophene rings is 1. The quantitative estimate of drug-likeness (QED) is 0.863. The topological polar surface area (TPSA) is 37.8 Å². The van der Waals surface area contributed by atoms with Crippen LogP contribution in [-0.2, 0) is 12.8 Å². The summed E-state index contributed by atoms with van der Waals surface area (Å²) in [7, 11) is 0. The molecule has 3 rings (SSSR count). The van der Waals surface area contributed by atoms with Gasteiger partial charge in [-0.3, -0.25) is 0 Å². The van der Waals surface area contributed by atoms with Crippen molar-refractivity contribution in [2.75, 3.05) is 5.32 Å². The Labute approximate surface area is 116 Å². The van der Waals surface area contributed by atoms with Gasteiger partial charge in [-0.2, -0.15) is 0 Å². The molecular formula is C13H16ClN3S. The standard InChI is InChI=1S/C13H16ClN3S/c1-3-7(2)15-11-10-8-5-4-6-9(8)18-12(10)17-13(14)16-11/h7H,3-6H2,1-2H3,(H,15,16,17). The second-order valence-corrected chi connectivity index (χ2v) is 6.25. The minimum absolute atomic E-state index is 0.341. The number of fused-ring (bicyclic) bond motifs is 3. The lowest BCUT2D eigenvalue weighted by Gasteiger charge is -2.13. The molecule has 2 aromatic heterocycles. The minimum Gasteiger partial charge on any atom is -0.367 e. The van der Waals surface area contributed by atoms with Gasteiger partial charge in [0.05, 0.1) is 5.39 Å². The van der Waals surface area contributed by atoms with Crippen molar-refractivity contribution in [3.63, 3.8) is 0 Å². The second kappa shape index (κ2) is 4.67. The Morgan fingerprint density at radius 2 is 2.22 bits per heavy atom. The van der Waals surface area contributed by atoms with E-state index in [4.69, 9.17) is 11.6 Å². The summed E-state index contributed by atoms with van der Waals surface area (Å²) in [4.78, 5) is 11.3.